The molecule has 0 spiro atoms. The zero-order valence-electron chi connectivity index (χ0n) is 10.3. The molecule has 1 N–H and O–H groups in total. The Balaban J connectivity index is 2.01. The predicted molar refractivity (Wildman–Crippen MR) is 72.6 cm³/mol. The monoisotopic (exact) mass is 258 g/mol. The highest BCUT2D eigenvalue weighted by Crippen LogP contribution is 2.26. The van der Waals surface area contributed by atoms with Crippen molar-refractivity contribution in [3.8, 4) is 0 Å². The van der Waals surface area contributed by atoms with Gasteiger partial charge < -0.3 is 9.88 Å². The van der Waals surface area contributed by atoms with Crippen molar-refractivity contribution < 1.29 is 8.78 Å². The first-order chi connectivity index (χ1) is 9.15. The first-order valence-electron chi connectivity index (χ1n) is 5.91. The van der Waals surface area contributed by atoms with Crippen LogP contribution in [0.1, 0.15) is 0 Å². The summed E-state index contributed by atoms with van der Waals surface area (Å²) in [5.74, 6) is -1.21. The molecule has 3 aromatic rings. The van der Waals surface area contributed by atoms with Crippen LogP contribution in [0.4, 0.5) is 20.2 Å². The lowest BCUT2D eigenvalue weighted by molar-refractivity contribution is 0.591. The van der Waals surface area contributed by atoms with E-state index in [1.54, 1.807) is 6.07 Å². The summed E-state index contributed by atoms with van der Waals surface area (Å²) < 4.78 is 29.1. The van der Waals surface area contributed by atoms with Crippen molar-refractivity contribution in [1.29, 1.82) is 0 Å². The third-order valence-electron chi connectivity index (χ3n) is 3.12. The molecule has 0 saturated heterocycles. The van der Waals surface area contributed by atoms with E-state index in [1.807, 2.05) is 36.0 Å². The van der Waals surface area contributed by atoms with Crippen LogP contribution in [0.5, 0.6) is 0 Å². The molecule has 2 aromatic carbocycles. The smallest absolute Gasteiger partial charge is 0.149 e. The maximum Gasteiger partial charge on any atom is 0.149 e. The SMILES string of the molecule is Cn1ccc2cc(Nc3c(F)cccc3F)ccc21. The Bertz CT molecular complexity index is 727. The number of nitrogens with one attached hydrogen (secondary N) is 1. The fraction of sp³-hybridized carbons (Fsp3) is 0.0667. The van der Waals surface area contributed by atoms with Crippen LogP contribution in [0.3, 0.4) is 0 Å². The molecule has 0 unspecified atom stereocenters. The van der Waals surface area contributed by atoms with Gasteiger partial charge in [-0.05, 0) is 36.4 Å². The van der Waals surface area contributed by atoms with Crippen molar-refractivity contribution in [2.24, 2.45) is 7.05 Å². The largest absolute Gasteiger partial charge is 0.351 e. The molecular weight excluding hydrogens is 246 g/mol. The summed E-state index contributed by atoms with van der Waals surface area (Å²) in [6.45, 7) is 0. The summed E-state index contributed by atoms with van der Waals surface area (Å²) in [5, 5.41) is 3.80. The van der Waals surface area contributed by atoms with Crippen molar-refractivity contribution in [3.63, 3.8) is 0 Å². The van der Waals surface area contributed by atoms with Crippen LogP contribution >= 0.6 is 0 Å². The number of anilines is 2. The van der Waals surface area contributed by atoms with Crippen LogP contribution in [0.15, 0.2) is 48.7 Å². The van der Waals surface area contributed by atoms with Gasteiger partial charge in [0.25, 0.3) is 0 Å². The standard InChI is InChI=1S/C15H12F2N2/c1-19-8-7-10-9-11(5-6-14(10)19)18-15-12(16)3-2-4-13(15)17/h2-9,18H,1H3. The number of halogens is 2. The highest BCUT2D eigenvalue weighted by atomic mass is 19.1. The molecule has 0 aliphatic heterocycles. The minimum absolute atomic E-state index is 0.127. The molecule has 96 valence electrons. The van der Waals surface area contributed by atoms with E-state index in [4.69, 9.17) is 0 Å². The summed E-state index contributed by atoms with van der Waals surface area (Å²) in [4.78, 5) is 0. The second-order valence-corrected chi connectivity index (χ2v) is 4.42. The quantitative estimate of drug-likeness (QED) is 0.729. The molecule has 0 saturated carbocycles. The van der Waals surface area contributed by atoms with Crippen LogP contribution in [-0.4, -0.2) is 4.57 Å². The Morgan fingerprint density at radius 2 is 1.74 bits per heavy atom. The molecule has 0 fully saturated rings. The molecular formula is C15H12F2N2. The van der Waals surface area contributed by atoms with E-state index in [-0.39, 0.29) is 5.69 Å². The summed E-state index contributed by atoms with van der Waals surface area (Å²) in [6.07, 6.45) is 1.94. The third-order valence-corrected chi connectivity index (χ3v) is 3.12. The molecule has 0 aliphatic rings. The maximum atomic E-state index is 13.5. The molecule has 0 amide bonds. The molecule has 1 heterocycles. The van der Waals surface area contributed by atoms with E-state index >= 15 is 0 Å². The molecule has 0 radical (unpaired) electrons. The van der Waals surface area contributed by atoms with E-state index in [9.17, 15) is 8.78 Å². The summed E-state index contributed by atoms with van der Waals surface area (Å²) >= 11 is 0. The minimum Gasteiger partial charge on any atom is -0.351 e. The fourth-order valence-corrected chi connectivity index (χ4v) is 2.12. The van der Waals surface area contributed by atoms with Gasteiger partial charge in [-0.1, -0.05) is 6.07 Å². The van der Waals surface area contributed by atoms with Crippen LogP contribution < -0.4 is 5.32 Å². The van der Waals surface area contributed by atoms with Gasteiger partial charge in [-0.15, -0.1) is 0 Å². The Hall–Kier alpha value is -2.36. The molecule has 1 aromatic heterocycles. The average molecular weight is 258 g/mol. The number of hydrogen-bond acceptors (Lipinski definition) is 1. The number of benzene rings is 2. The van der Waals surface area contributed by atoms with Gasteiger partial charge in [-0.2, -0.15) is 0 Å². The molecule has 3 rings (SSSR count). The highest BCUT2D eigenvalue weighted by molar-refractivity contribution is 5.84. The van der Waals surface area contributed by atoms with Gasteiger partial charge in [0.15, 0.2) is 0 Å². The molecule has 4 heteroatoms. The van der Waals surface area contributed by atoms with Crippen molar-refractivity contribution in [3.05, 3.63) is 60.3 Å². The van der Waals surface area contributed by atoms with E-state index in [0.717, 1.165) is 10.9 Å². The zero-order chi connectivity index (χ0) is 13.4. The van der Waals surface area contributed by atoms with Gasteiger partial charge in [0, 0.05) is 29.8 Å². The molecule has 0 bridgehead atoms. The molecule has 19 heavy (non-hydrogen) atoms. The lowest BCUT2D eigenvalue weighted by Gasteiger charge is -2.09. The van der Waals surface area contributed by atoms with Crippen LogP contribution in [-0.2, 0) is 7.05 Å². The summed E-state index contributed by atoms with van der Waals surface area (Å²) in [7, 11) is 1.95. The van der Waals surface area contributed by atoms with Crippen LogP contribution in [0.25, 0.3) is 10.9 Å². The Morgan fingerprint density at radius 3 is 2.47 bits per heavy atom. The van der Waals surface area contributed by atoms with E-state index in [2.05, 4.69) is 5.32 Å². The van der Waals surface area contributed by atoms with Gasteiger partial charge in [0.05, 0.1) is 0 Å². The Morgan fingerprint density at radius 1 is 1.00 bits per heavy atom. The zero-order valence-corrected chi connectivity index (χ0v) is 10.3. The first-order valence-corrected chi connectivity index (χ1v) is 5.91. The van der Waals surface area contributed by atoms with Crippen LogP contribution in [0, 0.1) is 11.6 Å². The summed E-state index contributed by atoms with van der Waals surface area (Å²) in [5.41, 5.74) is 1.60. The Kier molecular flexibility index (Phi) is 2.71. The topological polar surface area (TPSA) is 17.0 Å². The van der Waals surface area contributed by atoms with Crippen molar-refractivity contribution in [2.45, 2.75) is 0 Å². The molecule has 2 nitrogen and oxygen atoms in total. The number of para-hydroxylation sites is 1. The van der Waals surface area contributed by atoms with Gasteiger partial charge in [-0.25, -0.2) is 8.78 Å². The van der Waals surface area contributed by atoms with Crippen molar-refractivity contribution in [2.75, 3.05) is 5.32 Å². The number of fused-ring (bicyclic) bond motifs is 1. The van der Waals surface area contributed by atoms with Gasteiger partial charge in [0.1, 0.15) is 17.3 Å². The minimum atomic E-state index is -0.604. The fourth-order valence-electron chi connectivity index (χ4n) is 2.12. The van der Waals surface area contributed by atoms with Gasteiger partial charge >= 0.3 is 0 Å². The van der Waals surface area contributed by atoms with Crippen molar-refractivity contribution in [1.82, 2.24) is 4.57 Å². The normalized spacial score (nSPS) is 10.9. The van der Waals surface area contributed by atoms with E-state index in [0.29, 0.717) is 5.69 Å². The third kappa shape index (κ3) is 2.05. The summed E-state index contributed by atoms with van der Waals surface area (Å²) in [6, 6.07) is 11.3. The van der Waals surface area contributed by atoms with E-state index in [1.165, 1.54) is 18.2 Å². The number of hydrogen-bond donors (Lipinski definition) is 1. The predicted octanol–water partition coefficient (Wildman–Crippen LogP) is 4.20. The second kappa shape index (κ2) is 4.39. The Labute approximate surface area is 109 Å². The lowest BCUT2D eigenvalue weighted by Crippen LogP contribution is -1.97. The number of rotatable bonds is 2. The number of aromatic nitrogens is 1. The lowest BCUT2D eigenvalue weighted by atomic mass is 10.2. The first kappa shape index (κ1) is 11.7. The van der Waals surface area contributed by atoms with Gasteiger partial charge in [-0.3, -0.25) is 0 Å². The molecule has 0 atom stereocenters. The van der Waals surface area contributed by atoms with E-state index < -0.39 is 11.6 Å². The molecule has 0 aliphatic carbocycles. The van der Waals surface area contributed by atoms with Gasteiger partial charge in [0.2, 0.25) is 0 Å². The van der Waals surface area contributed by atoms with Crippen molar-refractivity contribution >= 4 is 22.3 Å². The highest BCUT2D eigenvalue weighted by Gasteiger charge is 2.08. The average Bonchev–Trinajstić information content (AvgIpc) is 2.76. The number of aryl methyl sites for hydroxylation is 1. The number of nitrogens with zero attached hydrogens (tertiary/aromatic N) is 1. The second-order valence-electron chi connectivity index (χ2n) is 4.42. The maximum absolute atomic E-state index is 13.5. The van der Waals surface area contributed by atoms with Crippen LogP contribution in [0.2, 0.25) is 0 Å².